The van der Waals surface area contributed by atoms with Gasteiger partial charge in [-0.15, -0.1) is 0 Å². The summed E-state index contributed by atoms with van der Waals surface area (Å²) < 4.78 is 0. The highest BCUT2D eigenvalue weighted by Crippen LogP contribution is 1.89. The molecule has 0 aromatic carbocycles. The molecule has 0 spiro atoms. The van der Waals surface area contributed by atoms with Gasteiger partial charge in [-0.1, -0.05) is 13.8 Å². The first-order valence-electron chi connectivity index (χ1n) is 2.00. The van der Waals surface area contributed by atoms with E-state index in [1.807, 2.05) is 13.8 Å². The second-order valence-electron chi connectivity index (χ2n) is 1.62. The van der Waals surface area contributed by atoms with Crippen molar-refractivity contribution in [3.63, 3.8) is 0 Å². The van der Waals surface area contributed by atoms with Gasteiger partial charge in [0.25, 0.3) is 0 Å². The molecule has 1 nitrogen and oxygen atoms in total. The number of rotatable bonds is 1. The molecule has 0 rings (SSSR count). The second-order valence-corrected chi connectivity index (χ2v) is 1.62. The van der Waals surface area contributed by atoms with Crippen molar-refractivity contribution >= 4 is 5.78 Å². The summed E-state index contributed by atoms with van der Waals surface area (Å²) in [4.78, 5) is 10.0. The summed E-state index contributed by atoms with van der Waals surface area (Å²) in [6.07, 6.45) is 0. The number of hydrogen-bond donors (Lipinski definition) is 0. The van der Waals surface area contributed by atoms with E-state index in [1.54, 1.807) is 0 Å². The standard InChI is InChI=1S/C5H9O/c1-4(2)5(3)6/h4H,3H2,1-2H3. The number of hydrogen-bond acceptors (Lipinski definition) is 1. The predicted molar refractivity (Wildman–Crippen MR) is 25.2 cm³/mol. The Labute approximate surface area is 38.4 Å². The molecule has 0 aliphatic rings. The van der Waals surface area contributed by atoms with Crippen molar-refractivity contribution in [2.75, 3.05) is 0 Å². The molecule has 0 unspecified atom stereocenters. The lowest BCUT2D eigenvalue weighted by Gasteiger charge is -1.90. The molecule has 0 N–H and O–H groups in total. The molecule has 0 bridgehead atoms. The summed E-state index contributed by atoms with van der Waals surface area (Å²) >= 11 is 0. The molecule has 0 aliphatic heterocycles. The Morgan fingerprint density at radius 1 is 1.67 bits per heavy atom. The molecule has 1 heteroatoms. The van der Waals surface area contributed by atoms with E-state index in [4.69, 9.17) is 0 Å². The third-order valence-electron chi connectivity index (χ3n) is 0.644. The van der Waals surface area contributed by atoms with Gasteiger partial charge in [0, 0.05) is 12.8 Å². The van der Waals surface area contributed by atoms with Crippen LogP contribution < -0.4 is 0 Å². The van der Waals surface area contributed by atoms with Gasteiger partial charge < -0.3 is 0 Å². The highest BCUT2D eigenvalue weighted by Gasteiger charge is 1.95. The molecule has 0 amide bonds. The minimum Gasteiger partial charge on any atom is -0.299 e. The maximum atomic E-state index is 10.0. The topological polar surface area (TPSA) is 17.1 Å². The van der Waals surface area contributed by atoms with Crippen LogP contribution in [0.2, 0.25) is 0 Å². The maximum absolute atomic E-state index is 10.0. The molecular formula is C5H9O. The molecule has 0 fully saturated rings. The first kappa shape index (κ1) is 5.67. The zero-order chi connectivity index (χ0) is 5.15. The normalized spacial score (nSPS) is 9.33. The summed E-state index contributed by atoms with van der Waals surface area (Å²) in [5.74, 6) is 0.111. The van der Waals surface area contributed by atoms with Crippen LogP contribution in [0.3, 0.4) is 0 Å². The largest absolute Gasteiger partial charge is 0.299 e. The molecular weight excluding hydrogens is 76.1 g/mol. The Hall–Kier alpha value is -0.330. The lowest BCUT2D eigenvalue weighted by Crippen LogP contribution is -1.99. The molecule has 1 radical (unpaired) electrons. The summed E-state index contributed by atoms with van der Waals surface area (Å²) in [6.45, 7) is 6.86. The highest BCUT2D eigenvalue weighted by atomic mass is 16.1. The van der Waals surface area contributed by atoms with E-state index in [0.717, 1.165) is 0 Å². The first-order valence-corrected chi connectivity index (χ1v) is 2.00. The molecule has 6 heavy (non-hydrogen) atoms. The molecule has 0 atom stereocenters. The van der Waals surface area contributed by atoms with E-state index in [9.17, 15) is 4.79 Å². The van der Waals surface area contributed by atoms with Crippen LogP contribution in [0, 0.1) is 12.8 Å². The van der Waals surface area contributed by atoms with Gasteiger partial charge in [-0.05, 0) is 0 Å². The van der Waals surface area contributed by atoms with Gasteiger partial charge in [0.1, 0.15) is 5.78 Å². The molecule has 0 heterocycles. The lowest BCUT2D eigenvalue weighted by atomic mass is 10.1. The van der Waals surface area contributed by atoms with Crippen LogP contribution in [0.15, 0.2) is 0 Å². The van der Waals surface area contributed by atoms with Gasteiger partial charge in [-0.25, -0.2) is 0 Å². The number of carbonyl (C=O) groups is 1. The van der Waals surface area contributed by atoms with Crippen LogP contribution in [0.25, 0.3) is 0 Å². The van der Waals surface area contributed by atoms with E-state index in [0.29, 0.717) is 0 Å². The van der Waals surface area contributed by atoms with Crippen LogP contribution >= 0.6 is 0 Å². The lowest BCUT2D eigenvalue weighted by molar-refractivity contribution is -0.117. The van der Waals surface area contributed by atoms with Gasteiger partial charge in [0.2, 0.25) is 0 Å². The SMILES string of the molecule is [CH2]C(=O)C(C)C. The third kappa shape index (κ3) is 1.94. The van der Waals surface area contributed by atoms with E-state index >= 15 is 0 Å². The molecule has 35 valence electrons. The van der Waals surface area contributed by atoms with Gasteiger partial charge in [-0.3, -0.25) is 4.79 Å². The molecule has 0 aromatic heterocycles. The average molecular weight is 85.1 g/mol. The van der Waals surface area contributed by atoms with Crippen LogP contribution in [0.5, 0.6) is 0 Å². The van der Waals surface area contributed by atoms with E-state index in [-0.39, 0.29) is 11.7 Å². The third-order valence-corrected chi connectivity index (χ3v) is 0.644. The Morgan fingerprint density at radius 3 is 1.83 bits per heavy atom. The Balaban J connectivity index is 3.26. The van der Waals surface area contributed by atoms with E-state index in [1.165, 1.54) is 0 Å². The smallest absolute Gasteiger partial charge is 0.135 e. The maximum Gasteiger partial charge on any atom is 0.135 e. The fourth-order valence-corrected chi connectivity index (χ4v) is 0. The van der Waals surface area contributed by atoms with Crippen LogP contribution in [0.4, 0.5) is 0 Å². The van der Waals surface area contributed by atoms with Crippen molar-refractivity contribution in [3.8, 4) is 0 Å². The van der Waals surface area contributed by atoms with E-state index < -0.39 is 0 Å². The Bertz CT molecular complexity index is 55.0. The zero-order valence-corrected chi connectivity index (χ0v) is 4.19. The minimum atomic E-state index is 0.00926. The van der Waals surface area contributed by atoms with Crippen molar-refractivity contribution in [1.29, 1.82) is 0 Å². The Morgan fingerprint density at radius 2 is 1.83 bits per heavy atom. The van der Waals surface area contributed by atoms with Gasteiger partial charge >= 0.3 is 0 Å². The summed E-state index contributed by atoms with van der Waals surface area (Å²) in [5.41, 5.74) is 0. The number of carbonyl (C=O) groups excluding carboxylic acids is 1. The molecule has 0 saturated carbocycles. The second kappa shape index (κ2) is 1.96. The van der Waals surface area contributed by atoms with Crippen LogP contribution in [-0.4, -0.2) is 5.78 Å². The van der Waals surface area contributed by atoms with Crippen molar-refractivity contribution in [1.82, 2.24) is 0 Å². The fourth-order valence-electron chi connectivity index (χ4n) is 0. The molecule has 0 saturated heterocycles. The number of Topliss-reactive ketones (excluding diaryl/α,β-unsaturated/α-hetero) is 1. The molecule has 0 aromatic rings. The van der Waals surface area contributed by atoms with Crippen molar-refractivity contribution in [2.45, 2.75) is 13.8 Å². The summed E-state index contributed by atoms with van der Waals surface area (Å²) in [7, 11) is 0. The van der Waals surface area contributed by atoms with E-state index in [2.05, 4.69) is 6.92 Å². The Kier molecular flexibility index (Phi) is 1.85. The van der Waals surface area contributed by atoms with Crippen molar-refractivity contribution < 1.29 is 4.79 Å². The van der Waals surface area contributed by atoms with Gasteiger partial charge in [0.05, 0.1) is 0 Å². The van der Waals surface area contributed by atoms with Crippen LogP contribution in [0.1, 0.15) is 13.8 Å². The molecule has 0 aliphatic carbocycles. The monoisotopic (exact) mass is 85.1 g/mol. The average Bonchev–Trinajstić information content (AvgIpc) is 1.36. The first-order chi connectivity index (χ1) is 2.64. The number of ketones is 1. The predicted octanol–water partition coefficient (Wildman–Crippen LogP) is 1.05. The van der Waals surface area contributed by atoms with Gasteiger partial charge in [0.15, 0.2) is 0 Å². The fraction of sp³-hybridized carbons (Fsp3) is 0.600. The van der Waals surface area contributed by atoms with Crippen molar-refractivity contribution in [2.24, 2.45) is 5.92 Å². The van der Waals surface area contributed by atoms with Crippen molar-refractivity contribution in [3.05, 3.63) is 6.92 Å². The minimum absolute atomic E-state index is 0.00926. The highest BCUT2D eigenvalue weighted by molar-refractivity contribution is 5.84. The quantitative estimate of drug-likeness (QED) is 0.465. The zero-order valence-electron chi connectivity index (χ0n) is 4.19. The summed E-state index contributed by atoms with van der Waals surface area (Å²) in [5, 5.41) is 0. The van der Waals surface area contributed by atoms with Crippen LogP contribution in [-0.2, 0) is 4.79 Å². The van der Waals surface area contributed by atoms with Gasteiger partial charge in [-0.2, -0.15) is 0 Å². The summed E-state index contributed by atoms with van der Waals surface area (Å²) in [6, 6.07) is 0.